The fourth-order valence-corrected chi connectivity index (χ4v) is 5.78. The second-order valence-corrected chi connectivity index (χ2v) is 21.8. The number of hydrogen-bond acceptors (Lipinski definition) is 8. The molecule has 3 heterocycles. The van der Waals surface area contributed by atoms with Crippen LogP contribution in [0.25, 0.3) is 11.2 Å². The number of anilines is 1. The third-order valence-electron chi connectivity index (χ3n) is 7.81. The molecule has 0 aromatic carbocycles. The van der Waals surface area contributed by atoms with Gasteiger partial charge in [-0.05, 0) is 36.3 Å². The van der Waals surface area contributed by atoms with Crippen molar-refractivity contribution in [1.29, 1.82) is 5.26 Å². The Hall–Kier alpha value is -1.85. The Morgan fingerprint density at radius 2 is 1.68 bits per heavy atom. The topological polar surface area (TPSA) is 121 Å². The normalized spacial score (nSPS) is 24.5. The lowest BCUT2D eigenvalue weighted by atomic mass is 10.0. The maximum absolute atomic E-state index is 10.3. The van der Waals surface area contributed by atoms with Crippen molar-refractivity contribution in [3.8, 4) is 6.07 Å². The van der Waals surface area contributed by atoms with Crippen molar-refractivity contribution >= 4 is 33.6 Å². The van der Waals surface area contributed by atoms with Crippen LogP contribution >= 0.6 is 0 Å². The van der Waals surface area contributed by atoms with Gasteiger partial charge in [0.05, 0.1) is 19.0 Å². The summed E-state index contributed by atoms with van der Waals surface area (Å²) in [6, 6.07) is 2.48. The molecule has 1 aliphatic heterocycles. The molecular formula is C23H40N6O3Si2. The Kier molecular flexibility index (Phi) is 7.07. The monoisotopic (exact) mass is 504 g/mol. The number of ether oxygens (including phenoxy) is 1. The predicted octanol–water partition coefficient (Wildman–Crippen LogP) is 4.86. The molecule has 0 radical (unpaired) electrons. The first kappa shape index (κ1) is 26.8. The van der Waals surface area contributed by atoms with Crippen LogP contribution in [0.5, 0.6) is 0 Å². The van der Waals surface area contributed by atoms with Crippen LogP contribution in [0.4, 0.5) is 5.82 Å². The van der Waals surface area contributed by atoms with Gasteiger partial charge in [0.2, 0.25) is 0 Å². The van der Waals surface area contributed by atoms with Crippen LogP contribution in [0.15, 0.2) is 12.7 Å². The molecular weight excluding hydrogens is 464 g/mol. The first-order valence-electron chi connectivity index (χ1n) is 11.8. The molecule has 1 saturated heterocycles. The van der Waals surface area contributed by atoms with E-state index in [2.05, 4.69) is 88.8 Å². The summed E-state index contributed by atoms with van der Waals surface area (Å²) in [4.78, 5) is 12.9. The van der Waals surface area contributed by atoms with Gasteiger partial charge in [-0.15, -0.1) is 0 Å². The van der Waals surface area contributed by atoms with E-state index in [-0.39, 0.29) is 10.1 Å². The molecule has 34 heavy (non-hydrogen) atoms. The van der Waals surface area contributed by atoms with E-state index in [1.165, 1.54) is 6.33 Å². The van der Waals surface area contributed by atoms with Gasteiger partial charge in [-0.2, -0.15) is 5.26 Å². The molecule has 0 bridgehead atoms. The fourth-order valence-electron chi connectivity index (χ4n) is 3.47. The summed E-state index contributed by atoms with van der Waals surface area (Å²) >= 11 is 0. The van der Waals surface area contributed by atoms with Gasteiger partial charge >= 0.3 is 0 Å². The van der Waals surface area contributed by atoms with Gasteiger partial charge in [-0.3, -0.25) is 4.57 Å². The van der Waals surface area contributed by atoms with Gasteiger partial charge in [0, 0.05) is 0 Å². The zero-order chi connectivity index (χ0) is 25.7. The van der Waals surface area contributed by atoms with Crippen LogP contribution < -0.4 is 5.73 Å². The van der Waals surface area contributed by atoms with Gasteiger partial charge in [0.15, 0.2) is 34.3 Å². The zero-order valence-electron chi connectivity index (χ0n) is 22.2. The number of nitriles is 1. The van der Waals surface area contributed by atoms with Gasteiger partial charge < -0.3 is 19.3 Å². The Balaban J connectivity index is 2.01. The van der Waals surface area contributed by atoms with E-state index in [1.807, 2.05) is 4.57 Å². The second kappa shape index (κ2) is 8.98. The molecule has 1 aliphatic rings. The minimum Gasteiger partial charge on any atom is -0.414 e. The number of nitrogen functional groups attached to an aromatic ring is 1. The first-order chi connectivity index (χ1) is 15.5. The number of aromatic nitrogens is 4. The summed E-state index contributed by atoms with van der Waals surface area (Å²) in [6.45, 7) is 22.3. The van der Waals surface area contributed by atoms with Gasteiger partial charge in [-0.1, -0.05) is 41.5 Å². The smallest absolute Gasteiger partial charge is 0.192 e. The summed E-state index contributed by atoms with van der Waals surface area (Å²) in [5.74, 6) is -0.196. The average molecular weight is 505 g/mol. The lowest BCUT2D eigenvalue weighted by Crippen LogP contribution is -2.47. The van der Waals surface area contributed by atoms with E-state index in [0.29, 0.717) is 23.6 Å². The molecule has 11 heteroatoms. The second-order valence-electron chi connectivity index (χ2n) is 12.2. The molecule has 3 rings (SSSR count). The van der Waals surface area contributed by atoms with Crippen LogP contribution in [0.3, 0.4) is 0 Å². The minimum absolute atomic E-state index is 0.0309. The van der Waals surface area contributed by atoms with Crippen LogP contribution in [0.2, 0.25) is 36.3 Å². The summed E-state index contributed by atoms with van der Waals surface area (Å²) in [5.41, 5.74) is 7.08. The largest absolute Gasteiger partial charge is 0.414 e. The van der Waals surface area contributed by atoms with Crippen LogP contribution in [0, 0.1) is 17.2 Å². The molecule has 0 aliphatic carbocycles. The third kappa shape index (κ3) is 4.92. The van der Waals surface area contributed by atoms with E-state index in [4.69, 9.17) is 19.3 Å². The summed E-state index contributed by atoms with van der Waals surface area (Å²) in [7, 11) is -4.26. The molecule has 0 spiro atoms. The number of nitrogens with zero attached hydrogens (tertiary/aromatic N) is 5. The summed E-state index contributed by atoms with van der Waals surface area (Å²) in [5, 5.41) is 10.3. The molecule has 1 fully saturated rings. The molecule has 0 unspecified atom stereocenters. The highest BCUT2D eigenvalue weighted by Crippen LogP contribution is 2.45. The maximum atomic E-state index is 10.3. The summed E-state index contributed by atoms with van der Waals surface area (Å²) < 4.78 is 21.7. The molecule has 0 amide bonds. The lowest BCUT2D eigenvalue weighted by molar-refractivity contribution is -0.0447. The van der Waals surface area contributed by atoms with E-state index in [9.17, 15) is 5.26 Å². The Morgan fingerprint density at radius 3 is 2.24 bits per heavy atom. The van der Waals surface area contributed by atoms with E-state index < -0.39 is 41.0 Å². The average Bonchev–Trinajstić information content (AvgIpc) is 3.26. The van der Waals surface area contributed by atoms with Crippen molar-refractivity contribution in [3.05, 3.63) is 12.7 Å². The molecule has 2 aromatic heterocycles. The zero-order valence-corrected chi connectivity index (χ0v) is 24.2. The summed E-state index contributed by atoms with van der Waals surface area (Å²) in [6.07, 6.45) is 1.55. The molecule has 0 saturated carbocycles. The predicted molar refractivity (Wildman–Crippen MR) is 138 cm³/mol. The van der Waals surface area contributed by atoms with E-state index in [1.54, 1.807) is 6.33 Å². The quantitative estimate of drug-likeness (QED) is 0.554. The lowest BCUT2D eigenvalue weighted by Gasteiger charge is -2.40. The highest BCUT2D eigenvalue weighted by Gasteiger charge is 2.52. The van der Waals surface area contributed by atoms with E-state index >= 15 is 0 Å². The SMILES string of the molecule is CC(C)(C)[Si](C)(C)OC[C@H]1O[C@@H](n2cnc3c(N)ncnc32)[C@H](O[Si](C)(C)C(C)(C)C)[C@@H]1C#N. The molecule has 9 nitrogen and oxygen atoms in total. The van der Waals surface area contributed by atoms with Crippen molar-refractivity contribution in [2.45, 2.75) is 96.2 Å². The Bertz CT molecular complexity index is 1070. The minimum atomic E-state index is -2.23. The van der Waals surface area contributed by atoms with Crippen LogP contribution in [-0.2, 0) is 13.6 Å². The van der Waals surface area contributed by atoms with Gasteiger partial charge in [0.25, 0.3) is 0 Å². The van der Waals surface area contributed by atoms with Crippen molar-refractivity contribution in [2.24, 2.45) is 5.92 Å². The van der Waals surface area contributed by atoms with Crippen molar-refractivity contribution in [1.82, 2.24) is 19.5 Å². The van der Waals surface area contributed by atoms with Gasteiger partial charge in [-0.25, -0.2) is 15.0 Å². The van der Waals surface area contributed by atoms with Crippen molar-refractivity contribution in [2.75, 3.05) is 12.3 Å². The van der Waals surface area contributed by atoms with Crippen molar-refractivity contribution in [3.63, 3.8) is 0 Å². The number of hydrogen-bond donors (Lipinski definition) is 1. The van der Waals surface area contributed by atoms with Crippen LogP contribution in [-0.4, -0.2) is 55.0 Å². The molecule has 2 N–H and O–H groups in total. The Morgan fingerprint density at radius 1 is 1.06 bits per heavy atom. The Labute approximate surface area is 205 Å². The molecule has 4 atom stereocenters. The number of imidazole rings is 1. The number of rotatable bonds is 6. The van der Waals surface area contributed by atoms with E-state index in [0.717, 1.165) is 0 Å². The number of fused-ring (bicyclic) bond motifs is 1. The number of nitrogens with two attached hydrogens (primary N) is 1. The molecule has 2 aromatic rings. The van der Waals surface area contributed by atoms with Gasteiger partial charge in [0.1, 0.15) is 30.0 Å². The van der Waals surface area contributed by atoms with Crippen LogP contribution in [0.1, 0.15) is 47.8 Å². The highest BCUT2D eigenvalue weighted by molar-refractivity contribution is 6.74. The first-order valence-corrected chi connectivity index (χ1v) is 17.6. The molecule has 188 valence electrons. The third-order valence-corrected chi connectivity index (χ3v) is 16.8. The maximum Gasteiger partial charge on any atom is 0.192 e. The standard InChI is InChI=1S/C23H40N6O3Si2/c1-22(2,3)33(7,8)30-12-16-15(11-24)18(32-34(9,10)23(4,5)6)21(31-16)29-14-28-17-19(25)26-13-27-20(17)29/h13-16,18,21H,12H2,1-10H3,(H2,25,26,27)/t15-,16-,18-,21-/m1/s1. The fraction of sp³-hybridized carbons (Fsp3) is 0.739. The highest BCUT2D eigenvalue weighted by atomic mass is 28.4. The van der Waals surface area contributed by atoms with Crippen molar-refractivity contribution < 1.29 is 13.6 Å².